The minimum Gasteiger partial charge on any atom is -0.481 e. The van der Waals surface area contributed by atoms with E-state index in [0.29, 0.717) is 13.1 Å². The van der Waals surface area contributed by atoms with Gasteiger partial charge in [0.2, 0.25) is 0 Å². The van der Waals surface area contributed by atoms with Crippen LogP contribution in [0.2, 0.25) is 0 Å². The third-order valence-electron chi connectivity index (χ3n) is 3.99. The van der Waals surface area contributed by atoms with E-state index in [1.165, 1.54) is 0 Å². The van der Waals surface area contributed by atoms with Crippen LogP contribution < -0.4 is 4.90 Å². The van der Waals surface area contributed by atoms with Crippen molar-refractivity contribution in [2.45, 2.75) is 39.2 Å². The minimum atomic E-state index is -0.848. The zero-order valence-corrected chi connectivity index (χ0v) is 12.6. The Balaban J connectivity index is 2.20. The molecule has 1 aromatic carbocycles. The summed E-state index contributed by atoms with van der Waals surface area (Å²) in [6.45, 7) is 5.12. The molecule has 1 saturated heterocycles. The van der Waals surface area contributed by atoms with Crippen LogP contribution in [0.15, 0.2) is 24.3 Å². The van der Waals surface area contributed by atoms with E-state index < -0.39 is 5.97 Å². The first-order valence-corrected chi connectivity index (χ1v) is 7.40. The van der Waals surface area contributed by atoms with Crippen LogP contribution in [0.1, 0.15) is 31.7 Å². The number of aryl methyl sites for hydroxylation is 1. The van der Waals surface area contributed by atoms with E-state index in [9.17, 15) is 9.59 Å². The van der Waals surface area contributed by atoms with E-state index in [-0.39, 0.29) is 18.5 Å². The van der Waals surface area contributed by atoms with Crippen LogP contribution in [0.3, 0.4) is 0 Å². The number of carbonyl (C=O) groups is 2. The maximum atomic E-state index is 12.8. The second-order valence-corrected chi connectivity index (χ2v) is 5.40. The lowest BCUT2D eigenvalue weighted by atomic mass is 10.1. The molecule has 1 aliphatic rings. The number of likely N-dealkylation sites (tertiary alicyclic amines) is 1. The normalized spacial score (nSPS) is 17.8. The predicted octanol–water partition coefficient (Wildman–Crippen LogP) is 2.88. The van der Waals surface area contributed by atoms with Crippen LogP contribution in [0.25, 0.3) is 0 Å². The molecule has 0 bridgehead atoms. The highest BCUT2D eigenvalue weighted by Crippen LogP contribution is 2.26. The van der Waals surface area contributed by atoms with E-state index in [1.54, 1.807) is 9.80 Å². The zero-order chi connectivity index (χ0) is 15.4. The van der Waals surface area contributed by atoms with Gasteiger partial charge in [-0.3, -0.25) is 9.69 Å². The fourth-order valence-corrected chi connectivity index (χ4v) is 2.93. The van der Waals surface area contributed by atoms with Gasteiger partial charge in [-0.05, 0) is 38.3 Å². The Morgan fingerprint density at radius 2 is 2.10 bits per heavy atom. The molecule has 0 radical (unpaired) electrons. The van der Waals surface area contributed by atoms with Gasteiger partial charge < -0.3 is 10.0 Å². The van der Waals surface area contributed by atoms with Crippen molar-refractivity contribution in [2.75, 3.05) is 18.0 Å². The number of hydrogen-bond acceptors (Lipinski definition) is 2. The summed E-state index contributed by atoms with van der Waals surface area (Å²) in [5.74, 6) is -0.848. The van der Waals surface area contributed by atoms with Crippen LogP contribution in [0, 0.1) is 6.92 Å². The van der Waals surface area contributed by atoms with Gasteiger partial charge in [-0.25, -0.2) is 4.79 Å². The lowest BCUT2D eigenvalue weighted by Crippen LogP contribution is -2.46. The number of rotatable bonds is 4. The zero-order valence-electron chi connectivity index (χ0n) is 12.6. The number of amides is 2. The van der Waals surface area contributed by atoms with E-state index in [2.05, 4.69) is 0 Å². The summed E-state index contributed by atoms with van der Waals surface area (Å²) in [7, 11) is 0. The summed E-state index contributed by atoms with van der Waals surface area (Å²) >= 11 is 0. The molecule has 21 heavy (non-hydrogen) atoms. The van der Waals surface area contributed by atoms with E-state index in [4.69, 9.17) is 5.11 Å². The molecule has 0 aromatic heterocycles. The van der Waals surface area contributed by atoms with Gasteiger partial charge in [0.15, 0.2) is 0 Å². The summed E-state index contributed by atoms with van der Waals surface area (Å²) < 4.78 is 0. The fourth-order valence-electron chi connectivity index (χ4n) is 2.93. The number of anilines is 1. The topological polar surface area (TPSA) is 60.9 Å². The Labute approximate surface area is 125 Å². The molecule has 2 amide bonds. The summed E-state index contributed by atoms with van der Waals surface area (Å²) in [5.41, 5.74) is 1.94. The maximum absolute atomic E-state index is 12.8. The van der Waals surface area contributed by atoms with Crippen molar-refractivity contribution in [1.29, 1.82) is 0 Å². The Morgan fingerprint density at radius 1 is 1.38 bits per heavy atom. The molecule has 5 nitrogen and oxygen atoms in total. The summed E-state index contributed by atoms with van der Waals surface area (Å²) in [5, 5.41) is 8.98. The number of benzene rings is 1. The lowest BCUT2D eigenvalue weighted by Gasteiger charge is -2.31. The molecule has 1 unspecified atom stereocenters. The van der Waals surface area contributed by atoms with E-state index >= 15 is 0 Å². The molecule has 0 aliphatic carbocycles. The first-order chi connectivity index (χ1) is 10.0. The van der Waals surface area contributed by atoms with Crippen LogP contribution in [0.5, 0.6) is 0 Å². The van der Waals surface area contributed by atoms with Crippen molar-refractivity contribution in [3.8, 4) is 0 Å². The third kappa shape index (κ3) is 3.35. The highest BCUT2D eigenvalue weighted by atomic mass is 16.4. The highest BCUT2D eigenvalue weighted by molar-refractivity contribution is 5.93. The number of carbonyl (C=O) groups excluding carboxylic acids is 1. The summed E-state index contributed by atoms with van der Waals surface area (Å²) in [6, 6.07) is 7.49. The summed E-state index contributed by atoms with van der Waals surface area (Å²) in [4.78, 5) is 27.2. The van der Waals surface area contributed by atoms with Crippen molar-refractivity contribution in [3.05, 3.63) is 29.8 Å². The molecule has 2 rings (SSSR count). The Hall–Kier alpha value is -2.04. The number of aliphatic carboxylic acids is 1. The molecule has 1 atom stereocenters. The number of urea groups is 1. The first kappa shape index (κ1) is 15.4. The van der Waals surface area contributed by atoms with Crippen LogP contribution in [-0.4, -0.2) is 41.1 Å². The van der Waals surface area contributed by atoms with Crippen molar-refractivity contribution < 1.29 is 14.7 Å². The third-order valence-corrected chi connectivity index (χ3v) is 3.99. The number of nitrogens with zero attached hydrogens (tertiary/aromatic N) is 2. The predicted molar refractivity (Wildman–Crippen MR) is 81.6 cm³/mol. The minimum absolute atomic E-state index is 0.0249. The molecule has 1 aliphatic heterocycles. The molecule has 0 saturated carbocycles. The molecule has 5 heteroatoms. The number of carboxylic acid groups (broad SMARTS) is 1. The Kier molecular flexibility index (Phi) is 4.83. The fraction of sp³-hybridized carbons (Fsp3) is 0.500. The quantitative estimate of drug-likeness (QED) is 0.927. The van der Waals surface area contributed by atoms with Crippen molar-refractivity contribution in [3.63, 3.8) is 0 Å². The molecule has 1 fully saturated rings. The van der Waals surface area contributed by atoms with E-state index in [0.717, 1.165) is 24.1 Å². The number of hydrogen-bond donors (Lipinski definition) is 1. The van der Waals surface area contributed by atoms with Crippen LogP contribution >= 0.6 is 0 Å². The molecule has 114 valence electrons. The Morgan fingerprint density at radius 3 is 2.71 bits per heavy atom. The van der Waals surface area contributed by atoms with Gasteiger partial charge in [0.25, 0.3) is 0 Å². The average Bonchev–Trinajstić information content (AvgIpc) is 2.88. The largest absolute Gasteiger partial charge is 0.481 e. The molecule has 1 heterocycles. The van der Waals surface area contributed by atoms with Gasteiger partial charge in [0.05, 0.1) is 6.42 Å². The van der Waals surface area contributed by atoms with Gasteiger partial charge in [-0.2, -0.15) is 0 Å². The monoisotopic (exact) mass is 290 g/mol. The second kappa shape index (κ2) is 6.61. The molecular weight excluding hydrogens is 268 g/mol. The average molecular weight is 290 g/mol. The first-order valence-electron chi connectivity index (χ1n) is 7.40. The Bertz CT molecular complexity index is 530. The van der Waals surface area contributed by atoms with Gasteiger partial charge in [0.1, 0.15) is 0 Å². The van der Waals surface area contributed by atoms with Crippen molar-refractivity contribution in [2.24, 2.45) is 0 Å². The highest BCUT2D eigenvalue weighted by Gasteiger charge is 2.33. The standard InChI is InChI=1S/C16H22N2O3/c1-3-17(14-9-5-4-7-12(14)2)16(21)18-10-6-8-13(18)11-15(19)20/h4-5,7,9,13H,3,6,8,10-11H2,1-2H3,(H,19,20). The SMILES string of the molecule is CCN(C(=O)N1CCCC1CC(=O)O)c1ccccc1C. The maximum Gasteiger partial charge on any atom is 0.324 e. The molecule has 0 spiro atoms. The van der Waals surface area contributed by atoms with Crippen molar-refractivity contribution >= 4 is 17.7 Å². The number of carboxylic acids is 1. The summed E-state index contributed by atoms with van der Waals surface area (Å²) in [6.07, 6.45) is 1.66. The van der Waals surface area contributed by atoms with Gasteiger partial charge in [0, 0.05) is 24.8 Å². The van der Waals surface area contributed by atoms with Gasteiger partial charge >= 0.3 is 12.0 Å². The van der Waals surface area contributed by atoms with Gasteiger partial charge in [-0.15, -0.1) is 0 Å². The number of para-hydroxylation sites is 1. The second-order valence-electron chi connectivity index (χ2n) is 5.40. The van der Waals surface area contributed by atoms with Crippen LogP contribution in [0.4, 0.5) is 10.5 Å². The smallest absolute Gasteiger partial charge is 0.324 e. The van der Waals surface area contributed by atoms with Gasteiger partial charge in [-0.1, -0.05) is 18.2 Å². The molecular formula is C16H22N2O3. The molecule has 1 aromatic rings. The van der Waals surface area contributed by atoms with E-state index in [1.807, 2.05) is 38.1 Å². The van der Waals surface area contributed by atoms with Crippen LogP contribution in [-0.2, 0) is 4.79 Å². The molecule has 1 N–H and O–H groups in total. The van der Waals surface area contributed by atoms with Crippen molar-refractivity contribution in [1.82, 2.24) is 4.90 Å². The lowest BCUT2D eigenvalue weighted by molar-refractivity contribution is -0.137.